The third kappa shape index (κ3) is 4.84. The normalized spacial score (nSPS) is 23.6. The van der Waals surface area contributed by atoms with Gasteiger partial charge in [-0.3, -0.25) is 9.59 Å². The predicted octanol–water partition coefficient (Wildman–Crippen LogP) is 4.20. The maximum Gasteiger partial charge on any atom is 0.258 e. The van der Waals surface area contributed by atoms with E-state index in [-0.39, 0.29) is 28.8 Å². The summed E-state index contributed by atoms with van der Waals surface area (Å²) >= 11 is 1.63. The number of amides is 2. The third-order valence-corrected chi connectivity index (χ3v) is 6.67. The predicted molar refractivity (Wildman–Crippen MR) is 107 cm³/mol. The smallest absolute Gasteiger partial charge is 0.258 e. The average Bonchev–Trinajstić information content (AvgIpc) is 3.05. The Morgan fingerprint density at radius 1 is 1.22 bits per heavy atom. The van der Waals surface area contributed by atoms with E-state index in [1.165, 1.54) is 18.6 Å². The lowest BCUT2D eigenvalue weighted by Gasteiger charge is -2.31. The molecule has 1 aromatic carbocycles. The molecule has 1 aromatic rings. The van der Waals surface area contributed by atoms with Gasteiger partial charge in [-0.2, -0.15) is 0 Å². The summed E-state index contributed by atoms with van der Waals surface area (Å²) < 4.78 is 14.2. The summed E-state index contributed by atoms with van der Waals surface area (Å²) in [5.74, 6) is -0.0542. The van der Waals surface area contributed by atoms with Crippen molar-refractivity contribution in [3.63, 3.8) is 0 Å². The maximum absolute atomic E-state index is 14.2. The van der Waals surface area contributed by atoms with Gasteiger partial charge in [-0.25, -0.2) is 4.39 Å². The molecule has 0 bridgehead atoms. The van der Waals surface area contributed by atoms with Crippen molar-refractivity contribution in [2.45, 2.75) is 69.8 Å². The zero-order valence-corrected chi connectivity index (χ0v) is 16.9. The molecule has 1 saturated heterocycles. The Kier molecular flexibility index (Phi) is 6.79. The highest BCUT2D eigenvalue weighted by molar-refractivity contribution is 8.00. The molecule has 6 heteroatoms. The first-order chi connectivity index (χ1) is 13.0. The Morgan fingerprint density at radius 3 is 2.59 bits per heavy atom. The molecular formula is C21H29FN2O2S. The van der Waals surface area contributed by atoms with E-state index in [2.05, 4.69) is 19.2 Å². The van der Waals surface area contributed by atoms with Crippen molar-refractivity contribution in [1.82, 2.24) is 10.2 Å². The van der Waals surface area contributed by atoms with E-state index in [4.69, 9.17) is 0 Å². The van der Waals surface area contributed by atoms with Gasteiger partial charge in [0.25, 0.3) is 5.91 Å². The molecule has 1 saturated carbocycles. The molecule has 4 nitrogen and oxygen atoms in total. The minimum absolute atomic E-state index is 0.0456. The van der Waals surface area contributed by atoms with E-state index in [9.17, 15) is 14.0 Å². The van der Waals surface area contributed by atoms with Gasteiger partial charge in [0.05, 0.1) is 10.9 Å². The fourth-order valence-electron chi connectivity index (χ4n) is 3.94. The molecule has 0 radical (unpaired) electrons. The van der Waals surface area contributed by atoms with Crippen LogP contribution in [0.2, 0.25) is 0 Å². The zero-order chi connectivity index (χ0) is 19.4. The summed E-state index contributed by atoms with van der Waals surface area (Å²) in [4.78, 5) is 27.7. The van der Waals surface area contributed by atoms with Crippen LogP contribution in [0.15, 0.2) is 24.3 Å². The van der Waals surface area contributed by atoms with Gasteiger partial charge in [0.15, 0.2) is 0 Å². The number of rotatable bonds is 5. The minimum Gasteiger partial charge on any atom is -0.352 e. The van der Waals surface area contributed by atoms with E-state index in [1.54, 1.807) is 28.8 Å². The lowest BCUT2D eigenvalue weighted by Crippen LogP contribution is -2.52. The molecule has 2 unspecified atom stereocenters. The Hall–Kier alpha value is -1.56. The fraction of sp³-hybridized carbons (Fsp3) is 0.619. The van der Waals surface area contributed by atoms with Gasteiger partial charge in [-0.1, -0.05) is 45.2 Å². The summed E-state index contributed by atoms with van der Waals surface area (Å²) in [6.45, 7) is 4.20. The van der Waals surface area contributed by atoms with Crippen LogP contribution in [0.3, 0.4) is 0 Å². The van der Waals surface area contributed by atoms with Crippen LogP contribution in [-0.2, 0) is 4.79 Å². The van der Waals surface area contributed by atoms with Crippen molar-refractivity contribution in [1.29, 1.82) is 0 Å². The molecule has 0 spiro atoms. The van der Waals surface area contributed by atoms with Crippen molar-refractivity contribution in [2.75, 3.05) is 5.75 Å². The molecule has 148 valence electrons. The molecule has 1 N–H and O–H groups in total. The molecule has 2 atom stereocenters. The molecule has 2 fully saturated rings. The lowest BCUT2D eigenvalue weighted by molar-refractivity contribution is -0.125. The quantitative estimate of drug-likeness (QED) is 0.817. The number of nitrogens with one attached hydrogen (secondary N) is 1. The van der Waals surface area contributed by atoms with Crippen LogP contribution in [0, 0.1) is 11.7 Å². The highest BCUT2D eigenvalue weighted by Crippen LogP contribution is 2.35. The van der Waals surface area contributed by atoms with E-state index in [0.717, 1.165) is 32.1 Å². The van der Waals surface area contributed by atoms with Gasteiger partial charge in [0.1, 0.15) is 11.9 Å². The van der Waals surface area contributed by atoms with Gasteiger partial charge in [-0.05, 0) is 37.3 Å². The van der Waals surface area contributed by atoms with Gasteiger partial charge in [-0.15, -0.1) is 11.8 Å². The topological polar surface area (TPSA) is 49.4 Å². The lowest BCUT2D eigenvalue weighted by atomic mass is 9.95. The zero-order valence-electron chi connectivity index (χ0n) is 16.1. The van der Waals surface area contributed by atoms with E-state index in [1.807, 2.05) is 0 Å². The second kappa shape index (κ2) is 9.09. The number of hydrogen-bond donors (Lipinski definition) is 1. The van der Waals surface area contributed by atoms with Crippen molar-refractivity contribution in [2.24, 2.45) is 5.92 Å². The van der Waals surface area contributed by atoms with E-state index < -0.39 is 11.9 Å². The number of carbonyl (C=O) groups is 2. The number of nitrogens with zero attached hydrogens (tertiary/aromatic N) is 1. The van der Waals surface area contributed by atoms with Crippen LogP contribution in [0.1, 0.15) is 62.7 Å². The Morgan fingerprint density at radius 2 is 1.93 bits per heavy atom. The Balaban J connectivity index is 1.80. The van der Waals surface area contributed by atoms with Crippen molar-refractivity contribution in [3.8, 4) is 0 Å². The second-order valence-corrected chi connectivity index (χ2v) is 9.18. The maximum atomic E-state index is 14.2. The van der Waals surface area contributed by atoms with Gasteiger partial charge >= 0.3 is 0 Å². The fourth-order valence-corrected chi connectivity index (χ4v) is 5.58. The van der Waals surface area contributed by atoms with Gasteiger partial charge in [0, 0.05) is 11.8 Å². The van der Waals surface area contributed by atoms with Crippen LogP contribution in [-0.4, -0.2) is 39.9 Å². The number of thioether (sulfide) groups is 1. The minimum atomic E-state index is -0.534. The van der Waals surface area contributed by atoms with E-state index >= 15 is 0 Å². The highest BCUT2D eigenvalue weighted by atomic mass is 32.2. The first-order valence-corrected chi connectivity index (χ1v) is 11.0. The highest BCUT2D eigenvalue weighted by Gasteiger charge is 2.42. The number of hydrogen-bond acceptors (Lipinski definition) is 3. The monoisotopic (exact) mass is 392 g/mol. The number of carbonyl (C=O) groups excluding carboxylic acids is 2. The molecule has 2 aliphatic rings. The second-order valence-electron chi connectivity index (χ2n) is 7.97. The summed E-state index contributed by atoms with van der Waals surface area (Å²) in [5.41, 5.74) is 0.0456. The van der Waals surface area contributed by atoms with Crippen LogP contribution in [0.25, 0.3) is 0 Å². The van der Waals surface area contributed by atoms with Crippen LogP contribution in [0.4, 0.5) is 4.39 Å². The first kappa shape index (κ1) is 20.2. The Labute approximate surface area is 165 Å². The molecule has 1 heterocycles. The molecule has 2 amide bonds. The van der Waals surface area contributed by atoms with Crippen molar-refractivity contribution >= 4 is 23.6 Å². The van der Waals surface area contributed by atoms with Crippen LogP contribution in [0.5, 0.6) is 0 Å². The van der Waals surface area contributed by atoms with Crippen LogP contribution >= 0.6 is 11.8 Å². The summed E-state index contributed by atoms with van der Waals surface area (Å²) in [5, 5.41) is 3.05. The molecular weight excluding hydrogens is 363 g/mol. The molecule has 27 heavy (non-hydrogen) atoms. The SMILES string of the molecule is CC(C)CC1SCC(C(=O)NC2CCCCC2)N1C(=O)c1ccccc1F. The van der Waals surface area contributed by atoms with Crippen LogP contribution < -0.4 is 5.32 Å². The van der Waals surface area contributed by atoms with Crippen molar-refractivity contribution < 1.29 is 14.0 Å². The van der Waals surface area contributed by atoms with Crippen molar-refractivity contribution in [3.05, 3.63) is 35.6 Å². The molecule has 1 aliphatic carbocycles. The van der Waals surface area contributed by atoms with Gasteiger partial charge in [0.2, 0.25) is 5.91 Å². The summed E-state index contributed by atoms with van der Waals surface area (Å²) in [6.07, 6.45) is 6.29. The molecule has 1 aliphatic heterocycles. The molecule has 0 aromatic heterocycles. The Bertz CT molecular complexity index is 676. The van der Waals surface area contributed by atoms with Gasteiger partial charge < -0.3 is 10.2 Å². The van der Waals surface area contributed by atoms with E-state index in [0.29, 0.717) is 11.7 Å². The average molecular weight is 393 g/mol. The number of benzene rings is 1. The summed E-state index contributed by atoms with van der Waals surface area (Å²) in [7, 11) is 0. The number of halogens is 1. The summed E-state index contributed by atoms with van der Waals surface area (Å²) in [6, 6.07) is 5.70. The third-order valence-electron chi connectivity index (χ3n) is 5.36. The largest absolute Gasteiger partial charge is 0.352 e. The molecule has 3 rings (SSSR count). The standard InChI is InChI=1S/C21H29FN2O2S/c1-14(2)12-19-24(21(26)16-10-6-7-11-17(16)22)18(13-27-19)20(25)23-15-8-4-3-5-9-15/h6-7,10-11,14-15,18-19H,3-5,8-9,12-13H2,1-2H3,(H,23,25). The first-order valence-electron chi connectivity index (χ1n) is 9.96.